The van der Waals surface area contributed by atoms with Crippen LogP contribution in [0.5, 0.6) is 0 Å². The number of amides is 2. The topological polar surface area (TPSA) is 95.9 Å². The number of ether oxygens (including phenoxy) is 1. The monoisotopic (exact) mass is 474 g/mol. The first-order valence-electron chi connectivity index (χ1n) is 11.4. The Balaban J connectivity index is 1.69. The number of esters is 1. The first-order valence-corrected chi connectivity index (χ1v) is 12.4. The highest BCUT2D eigenvalue weighted by molar-refractivity contribution is 8.03. The maximum absolute atomic E-state index is 13.0. The third-order valence-electron chi connectivity index (χ3n) is 6.09. The molecule has 1 saturated heterocycles. The summed E-state index contributed by atoms with van der Waals surface area (Å²) in [4.78, 5) is 39.4. The maximum Gasteiger partial charge on any atom is 0.356 e. The fraction of sp³-hybridized carbons (Fsp3) is 0.560. The Kier molecular flexibility index (Phi) is 7.90. The molecule has 2 amide bonds. The number of carbonyl (C=O) groups excluding carboxylic acids is 3. The van der Waals surface area contributed by atoms with Crippen molar-refractivity contribution >= 4 is 29.5 Å². The molecule has 2 N–H and O–H groups in total. The highest BCUT2D eigenvalue weighted by atomic mass is 32.2. The average molecular weight is 475 g/mol. The summed E-state index contributed by atoms with van der Waals surface area (Å²) in [6, 6.07) is 7.74. The van der Waals surface area contributed by atoms with Gasteiger partial charge in [0.15, 0.2) is 0 Å². The SMILES string of the molecule is CCC(=O)NCCSC1=C(C(=O)OCc2ccc(C(C)(C)C)cc2)N2C(=O)[C@H]([C@@H](C)O)[C@H]2C1. The summed E-state index contributed by atoms with van der Waals surface area (Å²) in [5.74, 6) is -0.724. The minimum absolute atomic E-state index is 0.0266. The van der Waals surface area contributed by atoms with Gasteiger partial charge in [-0.1, -0.05) is 52.0 Å². The van der Waals surface area contributed by atoms with E-state index in [0.29, 0.717) is 25.1 Å². The number of hydrogen-bond donors (Lipinski definition) is 2. The van der Waals surface area contributed by atoms with Gasteiger partial charge < -0.3 is 20.1 Å². The Hall–Kier alpha value is -2.32. The molecule has 180 valence electrons. The van der Waals surface area contributed by atoms with Gasteiger partial charge in [-0.15, -0.1) is 11.8 Å². The zero-order valence-electron chi connectivity index (χ0n) is 20.0. The van der Waals surface area contributed by atoms with Crippen LogP contribution in [0.15, 0.2) is 34.9 Å². The van der Waals surface area contributed by atoms with Crippen LogP contribution in [0.25, 0.3) is 0 Å². The third kappa shape index (κ3) is 5.61. The van der Waals surface area contributed by atoms with Crippen molar-refractivity contribution in [2.24, 2.45) is 5.92 Å². The van der Waals surface area contributed by atoms with Gasteiger partial charge in [-0.05, 0) is 23.5 Å². The molecular formula is C25H34N2O5S. The minimum atomic E-state index is -0.773. The number of aliphatic hydroxyl groups excluding tert-OH is 1. The quantitative estimate of drug-likeness (QED) is 0.324. The van der Waals surface area contributed by atoms with Crippen LogP contribution in [0.3, 0.4) is 0 Å². The van der Waals surface area contributed by atoms with Gasteiger partial charge >= 0.3 is 5.97 Å². The maximum atomic E-state index is 13.0. The second-order valence-corrected chi connectivity index (χ2v) is 10.8. The third-order valence-corrected chi connectivity index (χ3v) is 7.21. The summed E-state index contributed by atoms with van der Waals surface area (Å²) in [5, 5.41) is 12.8. The molecule has 7 nitrogen and oxygen atoms in total. The molecule has 2 heterocycles. The molecule has 0 spiro atoms. The predicted octanol–water partition coefficient (Wildman–Crippen LogP) is 3.11. The fourth-order valence-corrected chi connectivity index (χ4v) is 5.22. The van der Waals surface area contributed by atoms with E-state index in [1.54, 1.807) is 13.8 Å². The summed E-state index contributed by atoms with van der Waals surface area (Å²) in [7, 11) is 0. The van der Waals surface area contributed by atoms with Gasteiger partial charge in [0.2, 0.25) is 11.8 Å². The Morgan fingerprint density at radius 3 is 2.52 bits per heavy atom. The van der Waals surface area contributed by atoms with Crippen molar-refractivity contribution in [2.45, 2.75) is 71.6 Å². The van der Waals surface area contributed by atoms with E-state index in [2.05, 4.69) is 26.1 Å². The number of nitrogens with zero attached hydrogens (tertiary/aromatic N) is 1. The van der Waals surface area contributed by atoms with Crippen LogP contribution in [0.4, 0.5) is 0 Å². The number of nitrogens with one attached hydrogen (secondary N) is 1. The zero-order chi connectivity index (χ0) is 24.3. The van der Waals surface area contributed by atoms with E-state index in [-0.39, 0.29) is 35.6 Å². The van der Waals surface area contributed by atoms with Gasteiger partial charge in [0, 0.05) is 30.0 Å². The molecule has 3 atom stereocenters. The van der Waals surface area contributed by atoms with E-state index in [1.807, 2.05) is 24.3 Å². The smallest absolute Gasteiger partial charge is 0.356 e. The summed E-state index contributed by atoms with van der Waals surface area (Å²) in [6.07, 6.45) is 0.158. The standard InChI is InChI=1S/C25H34N2O5S/c1-6-20(29)26-11-12-33-19-13-18-21(15(2)28)23(30)27(18)22(19)24(31)32-14-16-7-9-17(10-8-16)25(3,4)5/h7-10,15,18,21,28H,6,11-14H2,1-5H3,(H,26,29)/t15-,18-,21-/m1/s1. The van der Waals surface area contributed by atoms with Gasteiger partial charge in [-0.2, -0.15) is 0 Å². The van der Waals surface area contributed by atoms with Crippen molar-refractivity contribution < 1.29 is 24.2 Å². The lowest BCUT2D eigenvalue weighted by Gasteiger charge is -2.44. The molecule has 33 heavy (non-hydrogen) atoms. The van der Waals surface area contributed by atoms with Crippen LogP contribution in [0.1, 0.15) is 58.6 Å². The van der Waals surface area contributed by atoms with Crippen LogP contribution in [0.2, 0.25) is 0 Å². The molecule has 2 aliphatic rings. The zero-order valence-corrected chi connectivity index (χ0v) is 20.8. The molecule has 0 radical (unpaired) electrons. The number of fused-ring (bicyclic) bond motifs is 1. The fourth-order valence-electron chi connectivity index (χ4n) is 4.16. The van der Waals surface area contributed by atoms with E-state index < -0.39 is 18.0 Å². The van der Waals surface area contributed by atoms with E-state index >= 15 is 0 Å². The summed E-state index contributed by atoms with van der Waals surface area (Å²) in [5.41, 5.74) is 2.39. The van der Waals surface area contributed by atoms with E-state index in [4.69, 9.17) is 4.74 Å². The molecule has 0 unspecified atom stereocenters. The Labute approximate surface area is 199 Å². The molecule has 1 fully saturated rings. The first-order chi connectivity index (χ1) is 15.5. The molecule has 2 aliphatic heterocycles. The second-order valence-electron chi connectivity index (χ2n) is 9.59. The number of β-lactam (4-membered cyclic amide) rings is 1. The Morgan fingerprint density at radius 1 is 1.27 bits per heavy atom. The molecule has 3 rings (SSSR count). The molecule has 0 aliphatic carbocycles. The van der Waals surface area contributed by atoms with Crippen LogP contribution >= 0.6 is 11.8 Å². The molecule has 1 aromatic carbocycles. The van der Waals surface area contributed by atoms with Gasteiger partial charge in [-0.25, -0.2) is 4.79 Å². The summed E-state index contributed by atoms with van der Waals surface area (Å²) in [6.45, 7) is 10.4. The van der Waals surface area contributed by atoms with E-state index in [0.717, 1.165) is 10.5 Å². The highest BCUT2D eigenvalue weighted by Crippen LogP contribution is 2.47. The van der Waals surface area contributed by atoms with Crippen molar-refractivity contribution in [3.05, 3.63) is 46.0 Å². The molecule has 1 aromatic rings. The van der Waals surface area contributed by atoms with Crippen molar-refractivity contribution in [1.29, 1.82) is 0 Å². The van der Waals surface area contributed by atoms with Gasteiger partial charge in [0.25, 0.3) is 0 Å². The largest absolute Gasteiger partial charge is 0.456 e. The van der Waals surface area contributed by atoms with Gasteiger partial charge in [-0.3, -0.25) is 9.59 Å². The Bertz CT molecular complexity index is 933. The molecular weight excluding hydrogens is 440 g/mol. The van der Waals surface area contributed by atoms with E-state index in [9.17, 15) is 19.5 Å². The number of aliphatic hydroxyl groups is 1. The number of carbonyl (C=O) groups is 3. The normalized spacial score (nSPS) is 20.9. The average Bonchev–Trinajstić information content (AvgIpc) is 3.08. The lowest BCUT2D eigenvalue weighted by Crippen LogP contribution is -2.61. The van der Waals surface area contributed by atoms with Crippen molar-refractivity contribution in [2.75, 3.05) is 12.3 Å². The van der Waals surface area contributed by atoms with Crippen LogP contribution in [-0.4, -0.2) is 52.2 Å². The van der Waals surface area contributed by atoms with Crippen molar-refractivity contribution in [3.63, 3.8) is 0 Å². The van der Waals surface area contributed by atoms with Crippen LogP contribution < -0.4 is 5.32 Å². The highest BCUT2D eigenvalue weighted by Gasteiger charge is 2.57. The number of benzene rings is 1. The molecule has 0 aromatic heterocycles. The molecule has 8 heteroatoms. The van der Waals surface area contributed by atoms with Gasteiger partial charge in [0.05, 0.1) is 18.1 Å². The van der Waals surface area contributed by atoms with E-state index in [1.165, 1.54) is 22.2 Å². The summed E-state index contributed by atoms with van der Waals surface area (Å²) < 4.78 is 5.59. The number of rotatable bonds is 9. The first kappa shape index (κ1) is 25.3. The second kappa shape index (κ2) is 10.3. The predicted molar refractivity (Wildman–Crippen MR) is 128 cm³/mol. The van der Waals surface area contributed by atoms with Crippen molar-refractivity contribution in [3.8, 4) is 0 Å². The Morgan fingerprint density at radius 2 is 1.94 bits per heavy atom. The minimum Gasteiger partial charge on any atom is -0.456 e. The van der Waals surface area contributed by atoms with Crippen LogP contribution in [-0.2, 0) is 31.1 Å². The van der Waals surface area contributed by atoms with Crippen LogP contribution in [0, 0.1) is 5.92 Å². The molecule has 0 bridgehead atoms. The molecule has 0 saturated carbocycles. The van der Waals surface area contributed by atoms with Gasteiger partial charge in [0.1, 0.15) is 12.3 Å². The van der Waals surface area contributed by atoms with Crippen molar-refractivity contribution in [1.82, 2.24) is 10.2 Å². The summed E-state index contributed by atoms with van der Waals surface area (Å²) >= 11 is 1.45. The number of thioether (sulfide) groups is 1. The lowest BCUT2D eigenvalue weighted by atomic mass is 9.83. The lowest BCUT2D eigenvalue weighted by molar-refractivity contribution is -0.162. The number of hydrogen-bond acceptors (Lipinski definition) is 6.